The molecule has 0 saturated carbocycles. The van der Waals surface area contributed by atoms with Crippen molar-refractivity contribution in [2.24, 2.45) is 0 Å². The predicted molar refractivity (Wildman–Crippen MR) is 82.8 cm³/mol. The number of benzene rings is 2. The second-order valence-electron chi connectivity index (χ2n) is 4.49. The Kier molecular flexibility index (Phi) is 4.21. The molecule has 2 rings (SSSR count). The zero-order valence-electron chi connectivity index (χ0n) is 11.2. The van der Waals surface area contributed by atoms with Crippen LogP contribution in [-0.2, 0) is 0 Å². The number of anilines is 1. The predicted octanol–water partition coefficient (Wildman–Crippen LogP) is 3.91. The first-order valence-corrected chi connectivity index (χ1v) is 6.86. The summed E-state index contributed by atoms with van der Waals surface area (Å²) in [5, 5.41) is 8.92. The van der Waals surface area contributed by atoms with Gasteiger partial charge in [-0.2, -0.15) is 5.26 Å². The fourth-order valence-electron chi connectivity index (χ4n) is 1.91. The van der Waals surface area contributed by atoms with Crippen molar-refractivity contribution >= 4 is 27.5 Å². The van der Waals surface area contributed by atoms with Crippen molar-refractivity contribution < 1.29 is 4.79 Å². The van der Waals surface area contributed by atoms with Gasteiger partial charge in [0.05, 0.1) is 11.6 Å². The molecule has 0 aromatic heterocycles. The number of aryl methyl sites for hydroxylation is 1. The van der Waals surface area contributed by atoms with E-state index in [1.807, 2.05) is 31.2 Å². The number of nitrogens with zero attached hydrogens (tertiary/aromatic N) is 2. The average Bonchev–Trinajstić information content (AvgIpc) is 2.48. The van der Waals surface area contributed by atoms with Crippen LogP contribution < -0.4 is 4.90 Å². The first kappa shape index (κ1) is 14.3. The van der Waals surface area contributed by atoms with Crippen molar-refractivity contribution in [3.05, 3.63) is 63.6 Å². The number of hydrogen-bond donors (Lipinski definition) is 0. The highest BCUT2D eigenvalue weighted by atomic mass is 79.9. The molecule has 0 aliphatic carbocycles. The van der Waals surface area contributed by atoms with E-state index >= 15 is 0 Å². The summed E-state index contributed by atoms with van der Waals surface area (Å²) >= 11 is 3.38. The van der Waals surface area contributed by atoms with E-state index < -0.39 is 0 Å². The molecule has 3 nitrogen and oxygen atoms in total. The molecular weight excluding hydrogens is 316 g/mol. The molecule has 0 heterocycles. The van der Waals surface area contributed by atoms with Crippen LogP contribution in [0.4, 0.5) is 5.69 Å². The second-order valence-corrected chi connectivity index (χ2v) is 5.40. The Hall–Kier alpha value is -2.12. The molecule has 4 heteroatoms. The smallest absolute Gasteiger partial charge is 0.258 e. The van der Waals surface area contributed by atoms with E-state index in [0.717, 1.165) is 10.0 Å². The summed E-state index contributed by atoms with van der Waals surface area (Å²) < 4.78 is 0.866. The van der Waals surface area contributed by atoms with Gasteiger partial charge in [0.1, 0.15) is 0 Å². The molecule has 0 saturated heterocycles. The third-order valence-corrected chi connectivity index (χ3v) is 3.59. The molecule has 2 aromatic rings. The van der Waals surface area contributed by atoms with Crippen LogP contribution in [0.1, 0.15) is 21.5 Å². The molecule has 0 atom stereocenters. The molecular formula is C16H13BrN2O. The van der Waals surface area contributed by atoms with Crippen molar-refractivity contribution in [1.29, 1.82) is 5.26 Å². The minimum Gasteiger partial charge on any atom is -0.311 e. The van der Waals surface area contributed by atoms with Gasteiger partial charge in [-0.15, -0.1) is 0 Å². The number of hydrogen-bond acceptors (Lipinski definition) is 2. The summed E-state index contributed by atoms with van der Waals surface area (Å²) in [6.07, 6.45) is 0. The lowest BCUT2D eigenvalue weighted by Crippen LogP contribution is -2.27. The van der Waals surface area contributed by atoms with Gasteiger partial charge in [0, 0.05) is 22.8 Å². The molecule has 0 fully saturated rings. The zero-order chi connectivity index (χ0) is 14.7. The number of nitriles is 1. The normalized spacial score (nSPS) is 9.90. The van der Waals surface area contributed by atoms with E-state index in [-0.39, 0.29) is 5.91 Å². The third-order valence-electron chi connectivity index (χ3n) is 3.10. The number of rotatable bonds is 2. The summed E-state index contributed by atoms with van der Waals surface area (Å²) in [5.74, 6) is -0.0983. The van der Waals surface area contributed by atoms with Crippen molar-refractivity contribution in [2.75, 3.05) is 11.9 Å². The fourth-order valence-corrected chi connectivity index (χ4v) is 2.27. The van der Waals surface area contributed by atoms with E-state index in [0.29, 0.717) is 16.8 Å². The minimum atomic E-state index is -0.0983. The van der Waals surface area contributed by atoms with Gasteiger partial charge in [-0.3, -0.25) is 4.79 Å². The Bertz CT molecular complexity index is 704. The summed E-state index contributed by atoms with van der Waals surface area (Å²) in [4.78, 5) is 14.1. The Morgan fingerprint density at radius 2 is 2.00 bits per heavy atom. The Morgan fingerprint density at radius 3 is 2.70 bits per heavy atom. The summed E-state index contributed by atoms with van der Waals surface area (Å²) in [6, 6.07) is 14.7. The van der Waals surface area contributed by atoms with E-state index in [1.54, 1.807) is 30.1 Å². The van der Waals surface area contributed by atoms with Crippen LogP contribution in [0.2, 0.25) is 0 Å². The van der Waals surface area contributed by atoms with Gasteiger partial charge in [0.2, 0.25) is 0 Å². The lowest BCUT2D eigenvalue weighted by molar-refractivity contribution is 0.0992. The Balaban J connectivity index is 2.37. The summed E-state index contributed by atoms with van der Waals surface area (Å²) in [6.45, 7) is 1.90. The van der Waals surface area contributed by atoms with Crippen LogP contribution in [0.25, 0.3) is 0 Å². The highest BCUT2D eigenvalue weighted by Gasteiger charge is 2.16. The van der Waals surface area contributed by atoms with Crippen LogP contribution in [0.5, 0.6) is 0 Å². The van der Waals surface area contributed by atoms with E-state index in [1.165, 1.54) is 0 Å². The van der Waals surface area contributed by atoms with E-state index in [2.05, 4.69) is 22.0 Å². The van der Waals surface area contributed by atoms with Gasteiger partial charge in [-0.1, -0.05) is 28.1 Å². The highest BCUT2D eigenvalue weighted by Crippen LogP contribution is 2.21. The molecule has 0 spiro atoms. The number of halogens is 1. The lowest BCUT2D eigenvalue weighted by atomic mass is 10.1. The molecule has 0 unspecified atom stereocenters. The van der Waals surface area contributed by atoms with Crippen LogP contribution in [0.15, 0.2) is 46.9 Å². The maximum Gasteiger partial charge on any atom is 0.258 e. The summed E-state index contributed by atoms with van der Waals surface area (Å²) in [5.41, 5.74) is 2.80. The topological polar surface area (TPSA) is 44.1 Å². The lowest BCUT2D eigenvalue weighted by Gasteiger charge is -2.19. The van der Waals surface area contributed by atoms with Gasteiger partial charge < -0.3 is 4.90 Å². The second kappa shape index (κ2) is 5.89. The monoisotopic (exact) mass is 328 g/mol. The van der Waals surface area contributed by atoms with E-state index in [9.17, 15) is 4.79 Å². The van der Waals surface area contributed by atoms with Gasteiger partial charge in [0.25, 0.3) is 5.91 Å². The standard InChI is InChI=1S/C16H13BrN2O/c1-11-6-7-13(17)9-15(11)16(20)19(2)14-5-3-4-12(8-14)10-18/h3-9H,1-2H3. The number of amides is 1. The quantitative estimate of drug-likeness (QED) is 0.838. The van der Waals surface area contributed by atoms with Gasteiger partial charge in [0.15, 0.2) is 0 Å². The van der Waals surface area contributed by atoms with Crippen LogP contribution in [0.3, 0.4) is 0 Å². The number of carbonyl (C=O) groups excluding carboxylic acids is 1. The third kappa shape index (κ3) is 2.89. The van der Waals surface area contributed by atoms with Crippen molar-refractivity contribution in [1.82, 2.24) is 0 Å². The van der Waals surface area contributed by atoms with Crippen LogP contribution in [-0.4, -0.2) is 13.0 Å². The zero-order valence-corrected chi connectivity index (χ0v) is 12.8. The molecule has 100 valence electrons. The Labute approximate surface area is 126 Å². The molecule has 0 N–H and O–H groups in total. The van der Waals surface area contributed by atoms with Crippen molar-refractivity contribution in [3.63, 3.8) is 0 Å². The molecule has 1 amide bonds. The molecule has 0 aliphatic rings. The summed E-state index contributed by atoms with van der Waals surface area (Å²) in [7, 11) is 1.71. The molecule has 20 heavy (non-hydrogen) atoms. The maximum absolute atomic E-state index is 12.5. The fraction of sp³-hybridized carbons (Fsp3) is 0.125. The molecule has 0 aliphatic heterocycles. The molecule has 0 radical (unpaired) electrons. The molecule has 2 aromatic carbocycles. The first-order chi connectivity index (χ1) is 9.52. The highest BCUT2D eigenvalue weighted by molar-refractivity contribution is 9.10. The Morgan fingerprint density at radius 1 is 1.25 bits per heavy atom. The SMILES string of the molecule is Cc1ccc(Br)cc1C(=O)N(C)c1cccc(C#N)c1. The average molecular weight is 329 g/mol. The van der Waals surface area contributed by atoms with Crippen LogP contribution in [0, 0.1) is 18.3 Å². The maximum atomic E-state index is 12.5. The van der Waals surface area contributed by atoms with Crippen LogP contribution >= 0.6 is 15.9 Å². The minimum absolute atomic E-state index is 0.0983. The van der Waals surface area contributed by atoms with Gasteiger partial charge in [-0.05, 0) is 42.8 Å². The van der Waals surface area contributed by atoms with Crippen molar-refractivity contribution in [2.45, 2.75) is 6.92 Å². The van der Waals surface area contributed by atoms with Crippen molar-refractivity contribution in [3.8, 4) is 6.07 Å². The first-order valence-electron chi connectivity index (χ1n) is 6.07. The van der Waals surface area contributed by atoms with Gasteiger partial charge in [-0.25, -0.2) is 0 Å². The van der Waals surface area contributed by atoms with Gasteiger partial charge >= 0.3 is 0 Å². The largest absolute Gasteiger partial charge is 0.311 e. The van der Waals surface area contributed by atoms with E-state index in [4.69, 9.17) is 5.26 Å². The molecule has 0 bridgehead atoms. The number of carbonyl (C=O) groups is 1.